The lowest BCUT2D eigenvalue weighted by Gasteiger charge is -2.14. The third-order valence-corrected chi connectivity index (χ3v) is 4.79. The van der Waals surface area contributed by atoms with Crippen molar-refractivity contribution in [2.75, 3.05) is 5.75 Å². The number of hydrogen-bond donors (Lipinski definition) is 1. The van der Waals surface area contributed by atoms with Gasteiger partial charge in [-0.1, -0.05) is 35.0 Å². The van der Waals surface area contributed by atoms with Crippen LogP contribution in [0, 0.1) is 6.92 Å². The summed E-state index contributed by atoms with van der Waals surface area (Å²) in [6, 6.07) is 7.27. The van der Waals surface area contributed by atoms with E-state index in [9.17, 15) is 0 Å². The standard InChI is InChI=1S/C12H16BrNS/c1-3-9-7-15-12(14-9)10-5-4-8(2)6-11(10)13/h4-6,9,12,14H,3,7H2,1-2H3. The summed E-state index contributed by atoms with van der Waals surface area (Å²) in [5.74, 6) is 1.22. The lowest BCUT2D eigenvalue weighted by Crippen LogP contribution is -2.24. The van der Waals surface area contributed by atoms with Crippen molar-refractivity contribution in [3.63, 3.8) is 0 Å². The molecule has 1 aromatic rings. The molecule has 1 fully saturated rings. The second-order valence-electron chi connectivity index (χ2n) is 4.01. The molecule has 1 aliphatic heterocycles. The van der Waals surface area contributed by atoms with Crippen LogP contribution in [-0.4, -0.2) is 11.8 Å². The van der Waals surface area contributed by atoms with Crippen molar-refractivity contribution in [3.8, 4) is 0 Å². The van der Waals surface area contributed by atoms with Gasteiger partial charge in [0, 0.05) is 16.3 Å². The second kappa shape index (κ2) is 4.89. The van der Waals surface area contributed by atoms with Crippen molar-refractivity contribution >= 4 is 27.7 Å². The molecule has 0 radical (unpaired) electrons. The predicted molar refractivity (Wildman–Crippen MR) is 71.3 cm³/mol. The van der Waals surface area contributed by atoms with Gasteiger partial charge in [-0.05, 0) is 30.5 Å². The number of hydrogen-bond acceptors (Lipinski definition) is 2. The summed E-state index contributed by atoms with van der Waals surface area (Å²) < 4.78 is 1.23. The summed E-state index contributed by atoms with van der Waals surface area (Å²) in [4.78, 5) is 0. The highest BCUT2D eigenvalue weighted by Gasteiger charge is 2.25. The van der Waals surface area contributed by atoms with Crippen LogP contribution >= 0.6 is 27.7 Å². The molecule has 0 bridgehead atoms. The molecule has 0 aliphatic carbocycles. The van der Waals surface area contributed by atoms with Crippen molar-refractivity contribution in [2.45, 2.75) is 31.7 Å². The summed E-state index contributed by atoms with van der Waals surface area (Å²) in [6.45, 7) is 4.36. The molecular formula is C12H16BrNS. The van der Waals surface area contributed by atoms with Gasteiger partial charge in [0.1, 0.15) is 0 Å². The number of thioether (sulfide) groups is 1. The number of nitrogens with one attached hydrogen (secondary N) is 1. The van der Waals surface area contributed by atoms with Crippen LogP contribution in [0.1, 0.15) is 29.8 Å². The molecule has 2 atom stereocenters. The van der Waals surface area contributed by atoms with Crippen LogP contribution in [0.3, 0.4) is 0 Å². The van der Waals surface area contributed by atoms with Gasteiger partial charge in [-0.15, -0.1) is 11.8 Å². The zero-order valence-corrected chi connectivity index (χ0v) is 11.5. The van der Waals surface area contributed by atoms with E-state index in [1.54, 1.807) is 0 Å². The van der Waals surface area contributed by atoms with Crippen LogP contribution in [0.4, 0.5) is 0 Å². The lowest BCUT2D eigenvalue weighted by atomic mass is 10.1. The van der Waals surface area contributed by atoms with Gasteiger partial charge in [0.05, 0.1) is 5.37 Å². The van der Waals surface area contributed by atoms with Crippen molar-refractivity contribution < 1.29 is 0 Å². The van der Waals surface area contributed by atoms with E-state index in [1.807, 2.05) is 11.8 Å². The molecular weight excluding hydrogens is 270 g/mol. The Kier molecular flexibility index (Phi) is 3.75. The molecule has 1 heterocycles. The van der Waals surface area contributed by atoms with E-state index in [1.165, 1.54) is 27.8 Å². The zero-order chi connectivity index (χ0) is 10.8. The van der Waals surface area contributed by atoms with Crippen molar-refractivity contribution in [1.29, 1.82) is 0 Å². The maximum Gasteiger partial charge on any atom is 0.0803 e. The second-order valence-corrected chi connectivity index (χ2v) is 6.00. The fourth-order valence-corrected chi connectivity index (χ4v) is 4.09. The Morgan fingerprint density at radius 2 is 2.33 bits per heavy atom. The fourth-order valence-electron chi connectivity index (χ4n) is 1.78. The smallest absolute Gasteiger partial charge is 0.0803 e. The minimum Gasteiger partial charge on any atom is -0.298 e. The van der Waals surface area contributed by atoms with Crippen LogP contribution in [0.2, 0.25) is 0 Å². The van der Waals surface area contributed by atoms with E-state index >= 15 is 0 Å². The molecule has 0 saturated carbocycles. The van der Waals surface area contributed by atoms with Gasteiger partial charge in [0.25, 0.3) is 0 Å². The Labute approximate surface area is 104 Å². The SMILES string of the molecule is CCC1CSC(c2ccc(C)cc2Br)N1. The molecule has 0 aromatic heterocycles. The summed E-state index contributed by atoms with van der Waals surface area (Å²) in [5.41, 5.74) is 2.68. The maximum absolute atomic E-state index is 3.65. The lowest BCUT2D eigenvalue weighted by molar-refractivity contribution is 0.560. The molecule has 2 unspecified atom stereocenters. The minimum atomic E-state index is 0.463. The Morgan fingerprint density at radius 1 is 1.53 bits per heavy atom. The fraction of sp³-hybridized carbons (Fsp3) is 0.500. The Bertz CT molecular complexity index is 353. The molecule has 1 N–H and O–H groups in total. The molecule has 0 amide bonds. The van der Waals surface area contributed by atoms with E-state index in [0.29, 0.717) is 11.4 Å². The Morgan fingerprint density at radius 3 is 2.93 bits per heavy atom. The van der Waals surface area contributed by atoms with Crippen LogP contribution in [-0.2, 0) is 0 Å². The molecule has 2 rings (SSSR count). The maximum atomic E-state index is 3.65. The highest BCUT2D eigenvalue weighted by atomic mass is 79.9. The third kappa shape index (κ3) is 2.58. The molecule has 1 aliphatic rings. The Balaban J connectivity index is 2.17. The van der Waals surface area contributed by atoms with Crippen molar-refractivity contribution in [1.82, 2.24) is 5.32 Å². The Hall–Kier alpha value is 0.01000. The van der Waals surface area contributed by atoms with Crippen LogP contribution in [0.15, 0.2) is 22.7 Å². The van der Waals surface area contributed by atoms with E-state index in [2.05, 4.69) is 53.3 Å². The number of halogens is 1. The van der Waals surface area contributed by atoms with Gasteiger partial charge in [-0.25, -0.2) is 0 Å². The summed E-state index contributed by atoms with van der Waals surface area (Å²) in [5, 5.41) is 4.11. The number of aryl methyl sites for hydroxylation is 1. The zero-order valence-electron chi connectivity index (χ0n) is 9.09. The first-order valence-corrected chi connectivity index (χ1v) is 7.18. The number of rotatable bonds is 2. The minimum absolute atomic E-state index is 0.463. The van der Waals surface area contributed by atoms with Crippen LogP contribution in [0.25, 0.3) is 0 Å². The highest BCUT2D eigenvalue weighted by Crippen LogP contribution is 2.37. The summed E-state index contributed by atoms with van der Waals surface area (Å²) in [6.07, 6.45) is 1.22. The van der Waals surface area contributed by atoms with E-state index in [0.717, 1.165) is 0 Å². The van der Waals surface area contributed by atoms with Crippen LogP contribution in [0.5, 0.6) is 0 Å². The van der Waals surface area contributed by atoms with E-state index in [4.69, 9.17) is 0 Å². The van der Waals surface area contributed by atoms with E-state index < -0.39 is 0 Å². The van der Waals surface area contributed by atoms with Crippen molar-refractivity contribution in [2.24, 2.45) is 0 Å². The molecule has 15 heavy (non-hydrogen) atoms. The van der Waals surface area contributed by atoms with Gasteiger partial charge < -0.3 is 0 Å². The number of benzene rings is 1. The van der Waals surface area contributed by atoms with Gasteiger partial charge >= 0.3 is 0 Å². The molecule has 1 aromatic carbocycles. The van der Waals surface area contributed by atoms with E-state index in [-0.39, 0.29) is 0 Å². The van der Waals surface area contributed by atoms with Crippen molar-refractivity contribution in [3.05, 3.63) is 33.8 Å². The van der Waals surface area contributed by atoms with Gasteiger partial charge in [0.2, 0.25) is 0 Å². The summed E-state index contributed by atoms with van der Waals surface area (Å²) in [7, 11) is 0. The van der Waals surface area contributed by atoms with Gasteiger partial charge in [-0.2, -0.15) is 0 Å². The van der Waals surface area contributed by atoms with Gasteiger partial charge in [-0.3, -0.25) is 5.32 Å². The predicted octanol–water partition coefficient (Wildman–Crippen LogP) is 3.87. The first-order valence-electron chi connectivity index (χ1n) is 5.34. The monoisotopic (exact) mass is 285 g/mol. The quantitative estimate of drug-likeness (QED) is 0.885. The molecule has 1 saturated heterocycles. The average molecular weight is 286 g/mol. The molecule has 1 nitrogen and oxygen atoms in total. The topological polar surface area (TPSA) is 12.0 Å². The molecule has 0 spiro atoms. The molecule has 82 valence electrons. The normalized spacial score (nSPS) is 25.8. The van der Waals surface area contributed by atoms with Gasteiger partial charge in [0.15, 0.2) is 0 Å². The summed E-state index contributed by atoms with van der Waals surface area (Å²) >= 11 is 5.65. The average Bonchev–Trinajstić information content (AvgIpc) is 2.66. The largest absolute Gasteiger partial charge is 0.298 e. The third-order valence-electron chi connectivity index (χ3n) is 2.78. The highest BCUT2D eigenvalue weighted by molar-refractivity contribution is 9.10. The first kappa shape index (κ1) is 11.5. The van der Waals surface area contributed by atoms with Crippen LogP contribution < -0.4 is 5.32 Å². The first-order chi connectivity index (χ1) is 7.20. The molecule has 3 heteroatoms.